The molecule has 0 saturated carbocycles. The van der Waals surface area contributed by atoms with Crippen LogP contribution in [0.4, 0.5) is 5.69 Å². The van der Waals surface area contributed by atoms with Gasteiger partial charge in [0.25, 0.3) is 11.8 Å². The average Bonchev–Trinajstić information content (AvgIpc) is 3.04. The predicted molar refractivity (Wildman–Crippen MR) is 114 cm³/mol. The van der Waals surface area contributed by atoms with Gasteiger partial charge in [0, 0.05) is 5.56 Å². The molecule has 5 heteroatoms. The lowest BCUT2D eigenvalue weighted by atomic mass is 10.0. The quantitative estimate of drug-likeness (QED) is 0.520. The molecule has 1 saturated heterocycles. The molecule has 0 aliphatic carbocycles. The number of fused-ring (bicyclic) bond motifs is 1. The summed E-state index contributed by atoms with van der Waals surface area (Å²) in [6.45, 7) is 4.05. The highest BCUT2D eigenvalue weighted by molar-refractivity contribution is 6.32. The van der Waals surface area contributed by atoms with Crippen LogP contribution in [0.25, 0.3) is 16.8 Å². The molecule has 1 atom stereocenters. The first kappa shape index (κ1) is 18.7. The van der Waals surface area contributed by atoms with E-state index >= 15 is 0 Å². The van der Waals surface area contributed by atoms with E-state index in [1.54, 1.807) is 18.2 Å². The van der Waals surface area contributed by atoms with E-state index in [9.17, 15) is 9.59 Å². The molecule has 2 amide bonds. The highest BCUT2D eigenvalue weighted by Crippen LogP contribution is 2.32. The van der Waals surface area contributed by atoms with Crippen molar-refractivity contribution in [2.24, 2.45) is 0 Å². The highest BCUT2D eigenvalue weighted by Gasteiger charge is 2.34. The minimum absolute atomic E-state index is 0.0160. The number of ether oxygens (including phenoxy) is 1. The van der Waals surface area contributed by atoms with Crippen molar-refractivity contribution in [1.29, 1.82) is 0 Å². The average molecular weight is 386 g/mol. The third-order valence-electron chi connectivity index (χ3n) is 5.03. The summed E-state index contributed by atoms with van der Waals surface area (Å²) < 4.78 is 6.09. The first-order valence-electron chi connectivity index (χ1n) is 9.69. The van der Waals surface area contributed by atoms with Gasteiger partial charge in [0.2, 0.25) is 0 Å². The zero-order chi connectivity index (χ0) is 20.4. The van der Waals surface area contributed by atoms with E-state index in [0.717, 1.165) is 22.8 Å². The van der Waals surface area contributed by atoms with E-state index in [4.69, 9.17) is 4.74 Å². The Kier molecular flexibility index (Phi) is 5.04. The van der Waals surface area contributed by atoms with Crippen molar-refractivity contribution in [3.63, 3.8) is 0 Å². The number of nitrogens with zero attached hydrogens (tertiary/aromatic N) is 1. The Morgan fingerprint density at radius 2 is 1.72 bits per heavy atom. The molecule has 1 heterocycles. The minimum atomic E-state index is -0.429. The van der Waals surface area contributed by atoms with Crippen molar-refractivity contribution in [3.8, 4) is 5.75 Å². The van der Waals surface area contributed by atoms with E-state index in [0.29, 0.717) is 11.4 Å². The van der Waals surface area contributed by atoms with Crippen LogP contribution < -0.4 is 15.2 Å². The topological polar surface area (TPSA) is 58.6 Å². The van der Waals surface area contributed by atoms with Gasteiger partial charge in [0.1, 0.15) is 11.3 Å². The number of carbonyl (C=O) groups is 2. The maximum absolute atomic E-state index is 13.0. The molecule has 3 aromatic rings. The number of amides is 2. The predicted octanol–water partition coefficient (Wildman–Crippen LogP) is 4.48. The SMILES string of the molecule is CCC(C)Oc1ccc2ccccc2c1C=C1C(=O)NN(c2ccccc2)C1=O. The number of benzene rings is 3. The van der Waals surface area contributed by atoms with Crippen LogP contribution in [0.1, 0.15) is 25.8 Å². The third kappa shape index (κ3) is 3.59. The van der Waals surface area contributed by atoms with Crippen LogP contribution in [-0.2, 0) is 9.59 Å². The van der Waals surface area contributed by atoms with Gasteiger partial charge in [-0.15, -0.1) is 0 Å². The highest BCUT2D eigenvalue weighted by atomic mass is 16.5. The van der Waals surface area contributed by atoms with Crippen LogP contribution in [-0.4, -0.2) is 17.9 Å². The third-order valence-corrected chi connectivity index (χ3v) is 5.03. The van der Waals surface area contributed by atoms with Crippen LogP contribution in [0.5, 0.6) is 5.75 Å². The molecule has 0 aromatic heterocycles. The Hall–Kier alpha value is -3.60. The van der Waals surface area contributed by atoms with Crippen molar-refractivity contribution in [2.75, 3.05) is 5.01 Å². The lowest BCUT2D eigenvalue weighted by Crippen LogP contribution is -2.35. The molecule has 1 aliphatic heterocycles. The van der Waals surface area contributed by atoms with Gasteiger partial charge in [-0.2, -0.15) is 0 Å². The Bertz CT molecular complexity index is 1110. The van der Waals surface area contributed by atoms with Gasteiger partial charge in [0.05, 0.1) is 11.8 Å². The van der Waals surface area contributed by atoms with Crippen LogP contribution in [0.3, 0.4) is 0 Å². The largest absolute Gasteiger partial charge is 0.490 e. The second-order valence-electron chi connectivity index (χ2n) is 7.01. The Balaban J connectivity index is 1.81. The lowest BCUT2D eigenvalue weighted by molar-refractivity contribution is -0.117. The Morgan fingerprint density at radius 3 is 2.48 bits per heavy atom. The second kappa shape index (κ2) is 7.80. The smallest absolute Gasteiger partial charge is 0.282 e. The number of para-hydroxylation sites is 1. The summed E-state index contributed by atoms with van der Waals surface area (Å²) >= 11 is 0. The van der Waals surface area contributed by atoms with E-state index in [2.05, 4.69) is 12.3 Å². The van der Waals surface area contributed by atoms with E-state index in [-0.39, 0.29) is 17.6 Å². The number of rotatable bonds is 5. The molecule has 1 N–H and O–H groups in total. The van der Waals surface area contributed by atoms with E-state index < -0.39 is 5.91 Å². The number of carbonyl (C=O) groups excluding carboxylic acids is 2. The van der Waals surface area contributed by atoms with Crippen molar-refractivity contribution in [1.82, 2.24) is 5.43 Å². The van der Waals surface area contributed by atoms with Gasteiger partial charge in [-0.25, -0.2) is 5.01 Å². The fourth-order valence-electron chi connectivity index (χ4n) is 3.29. The summed E-state index contributed by atoms with van der Waals surface area (Å²) in [6, 6.07) is 20.8. The van der Waals surface area contributed by atoms with E-state index in [1.807, 2.05) is 61.5 Å². The molecular weight excluding hydrogens is 364 g/mol. The maximum Gasteiger partial charge on any atom is 0.282 e. The molecule has 5 nitrogen and oxygen atoms in total. The fourth-order valence-corrected chi connectivity index (χ4v) is 3.29. The number of nitrogens with one attached hydrogen (secondary N) is 1. The van der Waals surface area contributed by atoms with Gasteiger partial charge in [0.15, 0.2) is 0 Å². The Labute approximate surface area is 169 Å². The first-order chi connectivity index (χ1) is 14.1. The van der Waals surface area contributed by atoms with Gasteiger partial charge < -0.3 is 4.74 Å². The van der Waals surface area contributed by atoms with Gasteiger partial charge in [-0.3, -0.25) is 15.0 Å². The molecule has 0 bridgehead atoms. The molecule has 29 heavy (non-hydrogen) atoms. The molecule has 1 aliphatic rings. The van der Waals surface area contributed by atoms with Crippen molar-refractivity contribution < 1.29 is 14.3 Å². The summed E-state index contributed by atoms with van der Waals surface area (Å²) in [6.07, 6.45) is 2.51. The molecule has 3 aromatic carbocycles. The number of hydrazine groups is 1. The zero-order valence-corrected chi connectivity index (χ0v) is 16.4. The van der Waals surface area contributed by atoms with Crippen LogP contribution in [0.15, 0.2) is 72.3 Å². The number of hydrogen-bond acceptors (Lipinski definition) is 3. The monoisotopic (exact) mass is 386 g/mol. The molecular formula is C24H22N2O3. The van der Waals surface area contributed by atoms with Gasteiger partial charge in [-0.1, -0.05) is 55.5 Å². The summed E-state index contributed by atoms with van der Waals surface area (Å²) in [5.74, 6) is -0.158. The van der Waals surface area contributed by atoms with Gasteiger partial charge in [-0.05, 0) is 48.4 Å². The molecule has 4 rings (SSSR count). The number of anilines is 1. The van der Waals surface area contributed by atoms with Crippen LogP contribution in [0, 0.1) is 0 Å². The maximum atomic E-state index is 13.0. The van der Waals surface area contributed by atoms with Crippen molar-refractivity contribution >= 4 is 34.4 Å². The molecule has 1 fully saturated rings. The lowest BCUT2D eigenvalue weighted by Gasteiger charge is -2.17. The zero-order valence-electron chi connectivity index (χ0n) is 16.4. The van der Waals surface area contributed by atoms with Crippen LogP contribution in [0.2, 0.25) is 0 Å². The molecule has 146 valence electrons. The summed E-state index contributed by atoms with van der Waals surface area (Å²) in [5.41, 5.74) is 4.08. The minimum Gasteiger partial charge on any atom is -0.490 e. The number of hydrogen-bond donors (Lipinski definition) is 1. The van der Waals surface area contributed by atoms with Crippen molar-refractivity contribution in [3.05, 3.63) is 77.9 Å². The molecule has 1 unspecified atom stereocenters. The molecule has 0 spiro atoms. The summed E-state index contributed by atoms with van der Waals surface area (Å²) in [7, 11) is 0. The van der Waals surface area contributed by atoms with Crippen molar-refractivity contribution in [2.45, 2.75) is 26.4 Å². The fraction of sp³-hybridized carbons (Fsp3) is 0.167. The second-order valence-corrected chi connectivity index (χ2v) is 7.01. The first-order valence-corrected chi connectivity index (χ1v) is 9.69. The molecule has 0 radical (unpaired) electrons. The summed E-state index contributed by atoms with van der Waals surface area (Å²) in [5, 5.41) is 3.22. The summed E-state index contributed by atoms with van der Waals surface area (Å²) in [4.78, 5) is 25.6. The standard InChI is InChI=1S/C24H22N2O3/c1-3-16(2)29-22-14-13-17-9-7-8-12-19(17)20(22)15-21-23(27)25-26(24(21)28)18-10-5-4-6-11-18/h4-16H,3H2,1-2H3,(H,25,27). The normalized spacial score (nSPS) is 16.3. The Morgan fingerprint density at radius 1 is 1.00 bits per heavy atom. The van der Waals surface area contributed by atoms with Crippen LogP contribution >= 0.6 is 0 Å². The van der Waals surface area contributed by atoms with E-state index in [1.165, 1.54) is 5.01 Å². The van der Waals surface area contributed by atoms with Gasteiger partial charge >= 0.3 is 0 Å².